The van der Waals surface area contributed by atoms with Crippen molar-refractivity contribution in [2.45, 2.75) is 51.1 Å². The summed E-state index contributed by atoms with van der Waals surface area (Å²) in [5.41, 5.74) is 0.968. The second-order valence-electron chi connectivity index (χ2n) is 6.56. The highest BCUT2D eigenvalue weighted by atomic mass is 16.8. The molecule has 22 heavy (non-hydrogen) atoms. The van der Waals surface area contributed by atoms with Gasteiger partial charge in [-0.25, -0.2) is 0 Å². The minimum absolute atomic E-state index is 0.180. The highest BCUT2D eigenvalue weighted by Gasteiger charge is 2.44. The van der Waals surface area contributed by atoms with Crippen LogP contribution >= 0.6 is 0 Å². The fourth-order valence-corrected chi connectivity index (χ4v) is 3.41. The Morgan fingerprint density at radius 1 is 1.05 bits per heavy atom. The molecule has 4 heteroatoms. The zero-order valence-corrected chi connectivity index (χ0v) is 12.9. The summed E-state index contributed by atoms with van der Waals surface area (Å²) in [4.78, 5) is 0. The normalized spacial score (nSPS) is 31.3. The average Bonchev–Trinajstić information content (AvgIpc) is 3.05. The Balaban J connectivity index is 1.44. The summed E-state index contributed by atoms with van der Waals surface area (Å²) in [5.74, 6) is 8.14. The first-order chi connectivity index (χ1) is 10.6. The quantitative estimate of drug-likeness (QED) is 0.690. The van der Waals surface area contributed by atoms with E-state index >= 15 is 0 Å². The van der Waals surface area contributed by atoms with Crippen molar-refractivity contribution < 1.29 is 18.9 Å². The van der Waals surface area contributed by atoms with E-state index in [1.165, 1.54) is 0 Å². The number of hydrogen-bond acceptors (Lipinski definition) is 4. The Morgan fingerprint density at radius 2 is 1.86 bits per heavy atom. The molecule has 0 spiro atoms. The molecule has 1 saturated heterocycles. The third-order valence-corrected chi connectivity index (χ3v) is 4.39. The van der Waals surface area contributed by atoms with Crippen LogP contribution in [0.4, 0.5) is 0 Å². The molecule has 2 heterocycles. The molecule has 116 valence electrons. The van der Waals surface area contributed by atoms with Gasteiger partial charge in [0.25, 0.3) is 0 Å². The van der Waals surface area contributed by atoms with Crippen molar-refractivity contribution in [1.82, 2.24) is 0 Å². The lowest BCUT2D eigenvalue weighted by Gasteiger charge is -2.26. The van der Waals surface area contributed by atoms with Gasteiger partial charge in [-0.1, -0.05) is 11.8 Å². The number of hydrogen-bond donors (Lipinski definition) is 0. The van der Waals surface area contributed by atoms with E-state index in [0.717, 1.165) is 36.3 Å². The lowest BCUT2D eigenvalue weighted by Crippen LogP contribution is -2.30. The van der Waals surface area contributed by atoms with Crippen LogP contribution in [0.3, 0.4) is 0 Å². The molecule has 1 aromatic rings. The molecular formula is C18H20O4. The molecule has 1 aromatic carbocycles. The fraction of sp³-hybridized carbons (Fsp3) is 0.556. The van der Waals surface area contributed by atoms with Crippen molar-refractivity contribution in [1.29, 1.82) is 0 Å². The molecule has 3 aliphatic rings. The second kappa shape index (κ2) is 5.19. The van der Waals surface area contributed by atoms with Gasteiger partial charge in [-0.15, -0.1) is 0 Å². The molecule has 3 atom stereocenters. The number of rotatable bonds is 0. The molecule has 0 bridgehead atoms. The maximum absolute atomic E-state index is 5.97. The second-order valence-corrected chi connectivity index (χ2v) is 6.56. The van der Waals surface area contributed by atoms with Gasteiger partial charge in [-0.2, -0.15) is 0 Å². The molecule has 0 radical (unpaired) electrons. The van der Waals surface area contributed by atoms with Gasteiger partial charge in [-0.05, 0) is 51.3 Å². The summed E-state index contributed by atoms with van der Waals surface area (Å²) >= 11 is 0. The van der Waals surface area contributed by atoms with Gasteiger partial charge in [0.15, 0.2) is 17.3 Å². The topological polar surface area (TPSA) is 36.9 Å². The van der Waals surface area contributed by atoms with Crippen LogP contribution in [0.1, 0.15) is 38.7 Å². The highest BCUT2D eigenvalue weighted by Crippen LogP contribution is 2.38. The molecule has 1 saturated carbocycles. The molecule has 4 rings (SSSR count). The third kappa shape index (κ3) is 2.67. The van der Waals surface area contributed by atoms with E-state index in [1.807, 2.05) is 32.0 Å². The maximum Gasteiger partial charge on any atom is 0.231 e. The van der Waals surface area contributed by atoms with Crippen LogP contribution in [0, 0.1) is 17.8 Å². The molecule has 1 aliphatic carbocycles. The summed E-state index contributed by atoms with van der Waals surface area (Å²) in [6, 6.07) is 5.84. The first-order valence-corrected chi connectivity index (χ1v) is 7.86. The van der Waals surface area contributed by atoms with E-state index in [4.69, 9.17) is 18.9 Å². The molecular weight excluding hydrogens is 280 g/mol. The third-order valence-electron chi connectivity index (χ3n) is 4.39. The Bertz CT molecular complexity index is 640. The SMILES string of the molecule is CC1(C)OC2C[C@H](C#Cc3ccc4c(c3)OCO4)CC[C@@H]2O1. The first kappa shape index (κ1) is 13.9. The van der Waals surface area contributed by atoms with Crippen molar-refractivity contribution >= 4 is 0 Å². The van der Waals surface area contributed by atoms with Crippen LogP contribution in [0.5, 0.6) is 11.5 Å². The van der Waals surface area contributed by atoms with E-state index < -0.39 is 5.79 Å². The van der Waals surface area contributed by atoms with Crippen LogP contribution in [0.2, 0.25) is 0 Å². The van der Waals surface area contributed by atoms with Crippen molar-refractivity contribution in [2.24, 2.45) is 5.92 Å². The Kier molecular flexibility index (Phi) is 3.28. The van der Waals surface area contributed by atoms with Gasteiger partial charge in [0, 0.05) is 11.5 Å². The Morgan fingerprint density at radius 3 is 2.77 bits per heavy atom. The van der Waals surface area contributed by atoms with E-state index in [2.05, 4.69) is 11.8 Å². The molecule has 0 amide bonds. The monoisotopic (exact) mass is 300 g/mol. The molecule has 4 nitrogen and oxygen atoms in total. The van der Waals surface area contributed by atoms with Crippen LogP contribution in [-0.2, 0) is 9.47 Å². The van der Waals surface area contributed by atoms with E-state index in [9.17, 15) is 0 Å². The summed E-state index contributed by atoms with van der Waals surface area (Å²) in [6.07, 6.45) is 3.46. The minimum Gasteiger partial charge on any atom is -0.454 e. The van der Waals surface area contributed by atoms with Crippen LogP contribution in [0.25, 0.3) is 0 Å². The van der Waals surface area contributed by atoms with E-state index in [-0.39, 0.29) is 12.2 Å². The van der Waals surface area contributed by atoms with E-state index in [0.29, 0.717) is 12.7 Å². The molecule has 0 N–H and O–H groups in total. The first-order valence-electron chi connectivity index (χ1n) is 7.86. The summed E-state index contributed by atoms with van der Waals surface area (Å²) < 4.78 is 22.6. The Hall–Kier alpha value is -1.70. The maximum atomic E-state index is 5.97. The smallest absolute Gasteiger partial charge is 0.231 e. The summed E-state index contributed by atoms with van der Waals surface area (Å²) in [5, 5.41) is 0. The lowest BCUT2D eigenvalue weighted by molar-refractivity contribution is -0.145. The van der Waals surface area contributed by atoms with Crippen molar-refractivity contribution in [3.8, 4) is 23.3 Å². The molecule has 2 fully saturated rings. The highest BCUT2D eigenvalue weighted by molar-refractivity contribution is 5.49. The van der Waals surface area contributed by atoms with Gasteiger partial charge >= 0.3 is 0 Å². The standard InChI is InChI=1S/C18H20O4/c1-18(2)21-15-8-6-13(10-17(15)22-18)4-3-12-5-7-14-16(9-12)20-11-19-14/h5,7,9,13,15,17H,6,8,10-11H2,1-2H3/t13-,15+,17?/m1/s1. The van der Waals surface area contributed by atoms with Gasteiger partial charge in [0.1, 0.15) is 0 Å². The van der Waals surface area contributed by atoms with Crippen molar-refractivity contribution in [3.63, 3.8) is 0 Å². The molecule has 1 unspecified atom stereocenters. The number of benzene rings is 1. The van der Waals surface area contributed by atoms with Crippen molar-refractivity contribution in [2.75, 3.05) is 6.79 Å². The van der Waals surface area contributed by atoms with Gasteiger partial charge in [-0.3, -0.25) is 0 Å². The average molecular weight is 300 g/mol. The van der Waals surface area contributed by atoms with Crippen molar-refractivity contribution in [3.05, 3.63) is 23.8 Å². The van der Waals surface area contributed by atoms with Gasteiger partial charge in [0.2, 0.25) is 6.79 Å². The summed E-state index contributed by atoms with van der Waals surface area (Å²) in [7, 11) is 0. The molecule has 2 aliphatic heterocycles. The predicted octanol–water partition coefficient (Wildman–Crippen LogP) is 3.09. The minimum atomic E-state index is -0.449. The van der Waals surface area contributed by atoms with Crippen LogP contribution in [-0.4, -0.2) is 24.8 Å². The molecule has 0 aromatic heterocycles. The lowest BCUT2D eigenvalue weighted by atomic mass is 9.86. The number of fused-ring (bicyclic) bond motifs is 2. The largest absolute Gasteiger partial charge is 0.454 e. The summed E-state index contributed by atoms with van der Waals surface area (Å²) in [6.45, 7) is 4.27. The van der Waals surface area contributed by atoms with Crippen LogP contribution < -0.4 is 9.47 Å². The predicted molar refractivity (Wildman–Crippen MR) is 80.6 cm³/mol. The van der Waals surface area contributed by atoms with E-state index in [1.54, 1.807) is 0 Å². The zero-order chi connectivity index (χ0) is 15.2. The zero-order valence-electron chi connectivity index (χ0n) is 12.9. The Labute approximate surface area is 130 Å². The van der Waals surface area contributed by atoms with Crippen LogP contribution in [0.15, 0.2) is 18.2 Å². The van der Waals surface area contributed by atoms with Gasteiger partial charge < -0.3 is 18.9 Å². The fourth-order valence-electron chi connectivity index (χ4n) is 3.41. The number of ether oxygens (including phenoxy) is 4. The van der Waals surface area contributed by atoms with Gasteiger partial charge in [0.05, 0.1) is 12.2 Å².